The highest BCUT2D eigenvalue weighted by Crippen LogP contribution is 2.13. The van der Waals surface area contributed by atoms with Crippen molar-refractivity contribution in [3.8, 4) is 0 Å². The van der Waals surface area contributed by atoms with Crippen molar-refractivity contribution in [2.24, 2.45) is 0 Å². The minimum atomic E-state index is -0.220. The smallest absolute Gasteiger partial charge is 0.319 e. The summed E-state index contributed by atoms with van der Waals surface area (Å²) in [6, 6.07) is 0.0384. The Kier molecular flexibility index (Phi) is 7.01. The van der Waals surface area contributed by atoms with Gasteiger partial charge in [0.15, 0.2) is 0 Å². The van der Waals surface area contributed by atoms with Gasteiger partial charge in [0.05, 0.1) is 37.2 Å². The lowest BCUT2D eigenvalue weighted by molar-refractivity contribution is -0.0777. The van der Waals surface area contributed by atoms with E-state index in [4.69, 9.17) is 9.47 Å². The van der Waals surface area contributed by atoms with E-state index in [0.29, 0.717) is 25.4 Å². The van der Waals surface area contributed by atoms with E-state index in [0.717, 1.165) is 13.1 Å². The van der Waals surface area contributed by atoms with Crippen LogP contribution < -0.4 is 10.6 Å². The summed E-state index contributed by atoms with van der Waals surface area (Å²) >= 11 is 0. The van der Waals surface area contributed by atoms with Crippen molar-refractivity contribution in [1.29, 1.82) is 0 Å². The summed E-state index contributed by atoms with van der Waals surface area (Å²) in [6.45, 7) is 9.89. The number of morpholine rings is 1. The van der Waals surface area contributed by atoms with Gasteiger partial charge in [0.1, 0.15) is 0 Å². The van der Waals surface area contributed by atoms with E-state index in [1.54, 1.807) is 24.2 Å². The van der Waals surface area contributed by atoms with Crippen LogP contribution in [-0.4, -0.2) is 72.3 Å². The van der Waals surface area contributed by atoms with Crippen LogP contribution in [0, 0.1) is 0 Å². The third kappa shape index (κ3) is 5.77. The molecule has 2 amide bonds. The van der Waals surface area contributed by atoms with Gasteiger partial charge in [-0.05, 0) is 20.8 Å². The number of aromatic nitrogens is 2. The second kappa shape index (κ2) is 9.00. The zero-order valence-corrected chi connectivity index (χ0v) is 15.0. The van der Waals surface area contributed by atoms with E-state index in [-0.39, 0.29) is 24.3 Å². The summed E-state index contributed by atoms with van der Waals surface area (Å²) in [5, 5.41) is 9.88. The van der Waals surface area contributed by atoms with Crippen molar-refractivity contribution < 1.29 is 14.3 Å². The molecule has 2 heterocycles. The van der Waals surface area contributed by atoms with Crippen LogP contribution in [-0.2, 0) is 16.0 Å². The highest BCUT2D eigenvalue weighted by atomic mass is 16.5. The topological polar surface area (TPSA) is 80.7 Å². The van der Waals surface area contributed by atoms with E-state index >= 15 is 0 Å². The van der Waals surface area contributed by atoms with Crippen molar-refractivity contribution in [2.45, 2.75) is 45.6 Å². The molecule has 2 N–H and O–H groups in total. The molecule has 8 nitrogen and oxygen atoms in total. The Labute approximate surface area is 143 Å². The molecule has 1 aromatic rings. The Morgan fingerprint density at radius 2 is 2.17 bits per heavy atom. The Bertz CT molecular complexity index is 512. The standard InChI is InChI=1S/C16H29N5O3/c1-12(20-9-13(2)24-14(3)10-20)7-17-16(22)19-15-8-18-21(11-15)5-6-23-4/h8,11-14H,5-7,9-10H2,1-4H3,(H2,17,19,22)/t12-,13-,14-/m0/s1. The number of nitrogens with zero attached hydrogens (tertiary/aromatic N) is 3. The number of hydrogen-bond acceptors (Lipinski definition) is 5. The predicted octanol–water partition coefficient (Wildman–Crippen LogP) is 1.15. The maximum atomic E-state index is 12.0. The number of carbonyl (C=O) groups is 1. The molecule has 0 saturated carbocycles. The SMILES string of the molecule is COCCn1cc(NC(=O)NC[C@H](C)N2C[C@H](C)O[C@@H](C)C2)cn1. The first-order valence-electron chi connectivity index (χ1n) is 8.43. The number of hydrogen-bond donors (Lipinski definition) is 2. The molecule has 24 heavy (non-hydrogen) atoms. The monoisotopic (exact) mass is 339 g/mol. The lowest BCUT2D eigenvalue weighted by atomic mass is 10.2. The quantitative estimate of drug-likeness (QED) is 0.779. The molecule has 0 unspecified atom stereocenters. The van der Waals surface area contributed by atoms with E-state index in [1.165, 1.54) is 0 Å². The molecule has 0 radical (unpaired) electrons. The first kappa shape index (κ1) is 18.7. The van der Waals surface area contributed by atoms with Crippen LogP contribution >= 0.6 is 0 Å². The van der Waals surface area contributed by atoms with E-state index in [1.807, 2.05) is 0 Å². The predicted molar refractivity (Wildman–Crippen MR) is 92.2 cm³/mol. The molecule has 1 fully saturated rings. The molecule has 8 heteroatoms. The van der Waals surface area contributed by atoms with Gasteiger partial charge in [-0.1, -0.05) is 0 Å². The third-order valence-electron chi connectivity index (χ3n) is 4.04. The average molecular weight is 339 g/mol. The van der Waals surface area contributed by atoms with Crippen LogP contribution in [0.3, 0.4) is 0 Å². The average Bonchev–Trinajstić information content (AvgIpc) is 2.97. The van der Waals surface area contributed by atoms with E-state index in [9.17, 15) is 4.79 Å². The molecule has 1 aromatic heterocycles. The van der Waals surface area contributed by atoms with Crippen LogP contribution in [0.25, 0.3) is 0 Å². The molecule has 1 aliphatic rings. The van der Waals surface area contributed by atoms with Gasteiger partial charge in [-0.2, -0.15) is 5.10 Å². The Morgan fingerprint density at radius 3 is 2.83 bits per heavy atom. The number of nitrogens with one attached hydrogen (secondary N) is 2. The zero-order valence-electron chi connectivity index (χ0n) is 15.0. The number of methoxy groups -OCH3 is 1. The highest BCUT2D eigenvalue weighted by molar-refractivity contribution is 5.88. The highest BCUT2D eigenvalue weighted by Gasteiger charge is 2.25. The van der Waals surface area contributed by atoms with Crippen molar-refractivity contribution in [2.75, 3.05) is 38.7 Å². The molecule has 0 spiro atoms. The van der Waals surface area contributed by atoms with Gasteiger partial charge < -0.3 is 20.1 Å². The van der Waals surface area contributed by atoms with Crippen molar-refractivity contribution >= 4 is 11.7 Å². The molecule has 0 aliphatic carbocycles. The summed E-state index contributed by atoms with van der Waals surface area (Å²) in [4.78, 5) is 14.4. The molecular weight excluding hydrogens is 310 g/mol. The third-order valence-corrected chi connectivity index (χ3v) is 4.04. The maximum Gasteiger partial charge on any atom is 0.319 e. The number of amides is 2. The van der Waals surface area contributed by atoms with Crippen LogP contribution in [0.15, 0.2) is 12.4 Å². The number of carbonyl (C=O) groups excluding carboxylic acids is 1. The fourth-order valence-electron chi connectivity index (χ4n) is 2.86. The van der Waals surface area contributed by atoms with Gasteiger partial charge in [-0.3, -0.25) is 9.58 Å². The minimum absolute atomic E-state index is 0.220. The summed E-state index contributed by atoms with van der Waals surface area (Å²) in [7, 11) is 1.65. The van der Waals surface area contributed by atoms with Crippen LogP contribution in [0.2, 0.25) is 0 Å². The summed E-state index contributed by atoms with van der Waals surface area (Å²) in [5.41, 5.74) is 0.671. The molecule has 3 atom stereocenters. The normalized spacial score (nSPS) is 23.0. The number of anilines is 1. The largest absolute Gasteiger partial charge is 0.383 e. The van der Waals surface area contributed by atoms with Crippen molar-refractivity contribution in [3.05, 3.63) is 12.4 Å². The first-order chi connectivity index (χ1) is 11.5. The molecule has 2 rings (SSSR count). The van der Waals surface area contributed by atoms with E-state index in [2.05, 4.69) is 41.4 Å². The molecule has 136 valence electrons. The summed E-state index contributed by atoms with van der Waals surface area (Å²) in [5.74, 6) is 0. The van der Waals surface area contributed by atoms with Gasteiger partial charge in [-0.15, -0.1) is 0 Å². The van der Waals surface area contributed by atoms with E-state index < -0.39 is 0 Å². The van der Waals surface area contributed by atoms with Crippen LogP contribution in [0.5, 0.6) is 0 Å². The van der Waals surface area contributed by atoms with Crippen molar-refractivity contribution in [1.82, 2.24) is 20.0 Å². The Morgan fingerprint density at radius 1 is 1.46 bits per heavy atom. The van der Waals surface area contributed by atoms with Crippen molar-refractivity contribution in [3.63, 3.8) is 0 Å². The van der Waals surface area contributed by atoms with Crippen LogP contribution in [0.4, 0.5) is 10.5 Å². The molecule has 1 aliphatic heterocycles. The lowest BCUT2D eigenvalue weighted by Crippen LogP contribution is -2.52. The summed E-state index contributed by atoms with van der Waals surface area (Å²) < 4.78 is 12.5. The fraction of sp³-hybridized carbons (Fsp3) is 0.750. The lowest BCUT2D eigenvalue weighted by Gasteiger charge is -2.38. The van der Waals surface area contributed by atoms with Gasteiger partial charge in [-0.25, -0.2) is 4.79 Å². The molecule has 0 aromatic carbocycles. The molecular formula is C16H29N5O3. The molecule has 0 bridgehead atoms. The Balaban J connectivity index is 1.73. The number of rotatable bonds is 7. The second-order valence-corrected chi connectivity index (χ2v) is 6.38. The fourth-order valence-corrected chi connectivity index (χ4v) is 2.86. The van der Waals surface area contributed by atoms with Gasteiger partial charge >= 0.3 is 6.03 Å². The second-order valence-electron chi connectivity index (χ2n) is 6.38. The maximum absolute atomic E-state index is 12.0. The number of urea groups is 1. The Hall–Kier alpha value is -1.64. The van der Waals surface area contributed by atoms with Gasteiger partial charge in [0.2, 0.25) is 0 Å². The summed E-state index contributed by atoms with van der Waals surface area (Å²) in [6.07, 6.45) is 3.86. The number of ether oxygens (including phenoxy) is 2. The van der Waals surface area contributed by atoms with Gasteiger partial charge in [0.25, 0.3) is 0 Å². The first-order valence-corrected chi connectivity index (χ1v) is 8.43. The van der Waals surface area contributed by atoms with Crippen LogP contribution in [0.1, 0.15) is 20.8 Å². The molecule has 1 saturated heterocycles. The van der Waals surface area contributed by atoms with Gasteiger partial charge in [0, 0.05) is 39.0 Å². The zero-order chi connectivity index (χ0) is 17.5. The minimum Gasteiger partial charge on any atom is -0.383 e.